The molecule has 1 aliphatic heterocycles. The quantitative estimate of drug-likeness (QED) is 0.836. The van der Waals surface area contributed by atoms with Crippen molar-refractivity contribution in [3.63, 3.8) is 0 Å². The average Bonchev–Trinajstić information content (AvgIpc) is 2.21. The molecule has 2 heterocycles. The number of hydrogen-bond donors (Lipinski definition) is 1. The largest absolute Gasteiger partial charge is 0.314 e. The highest BCUT2D eigenvalue weighted by Crippen LogP contribution is 2.20. The van der Waals surface area contributed by atoms with Crippen molar-refractivity contribution in [1.82, 2.24) is 15.2 Å². The summed E-state index contributed by atoms with van der Waals surface area (Å²) in [5, 5.41) is 4.49. The first-order chi connectivity index (χ1) is 8.20. The molecule has 1 N–H and O–H groups in total. The maximum absolute atomic E-state index is 6.14. The van der Waals surface area contributed by atoms with Gasteiger partial charge in [-0.1, -0.05) is 30.1 Å². The Hall–Kier alpha value is -0.350. The van der Waals surface area contributed by atoms with Gasteiger partial charge in [0.05, 0.1) is 10.7 Å². The van der Waals surface area contributed by atoms with Crippen molar-refractivity contribution in [2.75, 3.05) is 19.6 Å². The van der Waals surface area contributed by atoms with Gasteiger partial charge < -0.3 is 5.32 Å². The van der Waals surface area contributed by atoms with E-state index < -0.39 is 0 Å². The number of halogens is 2. The second kappa shape index (κ2) is 6.01. The standard InChI is InChI=1S/C12H17Cl2N3/c1-2-5-17(9-6-15-7-9)8-11-10(13)3-4-12(14)16-11/h3-4,9,15H,2,5-8H2,1H3. The molecule has 0 unspecified atom stereocenters. The van der Waals surface area contributed by atoms with E-state index in [1.807, 2.05) is 6.07 Å². The predicted molar refractivity (Wildman–Crippen MR) is 71.6 cm³/mol. The van der Waals surface area contributed by atoms with Crippen molar-refractivity contribution in [1.29, 1.82) is 0 Å². The summed E-state index contributed by atoms with van der Waals surface area (Å²) in [5.41, 5.74) is 0.875. The molecule has 1 aliphatic rings. The summed E-state index contributed by atoms with van der Waals surface area (Å²) in [5.74, 6) is 0. The summed E-state index contributed by atoms with van der Waals surface area (Å²) in [4.78, 5) is 6.72. The third-order valence-corrected chi connectivity index (χ3v) is 3.58. The number of pyridine rings is 1. The molecular weight excluding hydrogens is 257 g/mol. The second-order valence-electron chi connectivity index (χ2n) is 4.35. The lowest BCUT2D eigenvalue weighted by molar-refractivity contribution is 0.136. The molecule has 2 rings (SSSR count). The smallest absolute Gasteiger partial charge is 0.129 e. The molecule has 1 aromatic rings. The maximum Gasteiger partial charge on any atom is 0.129 e. The normalized spacial score (nSPS) is 16.2. The van der Waals surface area contributed by atoms with Gasteiger partial charge >= 0.3 is 0 Å². The van der Waals surface area contributed by atoms with E-state index in [0.717, 1.165) is 38.3 Å². The Morgan fingerprint density at radius 3 is 2.76 bits per heavy atom. The zero-order valence-corrected chi connectivity index (χ0v) is 11.4. The highest BCUT2D eigenvalue weighted by Gasteiger charge is 2.24. The van der Waals surface area contributed by atoms with Crippen molar-refractivity contribution in [3.8, 4) is 0 Å². The van der Waals surface area contributed by atoms with Crippen molar-refractivity contribution in [2.24, 2.45) is 0 Å². The second-order valence-corrected chi connectivity index (χ2v) is 5.14. The average molecular weight is 274 g/mol. The molecule has 0 spiro atoms. The predicted octanol–water partition coefficient (Wildman–Crippen LogP) is 2.57. The maximum atomic E-state index is 6.14. The third kappa shape index (κ3) is 3.32. The summed E-state index contributed by atoms with van der Waals surface area (Å²) in [7, 11) is 0. The molecule has 0 saturated carbocycles. The monoisotopic (exact) mass is 273 g/mol. The van der Waals surface area contributed by atoms with E-state index in [0.29, 0.717) is 16.2 Å². The molecule has 5 heteroatoms. The van der Waals surface area contributed by atoms with Crippen LogP contribution in [0.15, 0.2) is 12.1 Å². The van der Waals surface area contributed by atoms with Gasteiger partial charge in [0, 0.05) is 25.7 Å². The molecule has 3 nitrogen and oxygen atoms in total. The summed E-state index contributed by atoms with van der Waals surface area (Å²) >= 11 is 12.0. The van der Waals surface area contributed by atoms with Crippen LogP contribution in [0.25, 0.3) is 0 Å². The fourth-order valence-corrected chi connectivity index (χ4v) is 2.30. The molecule has 0 amide bonds. The zero-order valence-electron chi connectivity index (χ0n) is 9.92. The molecule has 1 fully saturated rings. The molecular formula is C12H17Cl2N3. The Morgan fingerprint density at radius 1 is 1.41 bits per heavy atom. The summed E-state index contributed by atoms with van der Waals surface area (Å²) in [6.45, 7) is 6.14. The molecule has 0 aliphatic carbocycles. The number of aromatic nitrogens is 1. The Morgan fingerprint density at radius 2 is 2.18 bits per heavy atom. The fourth-order valence-electron chi connectivity index (χ4n) is 1.97. The first-order valence-electron chi connectivity index (χ1n) is 5.96. The van der Waals surface area contributed by atoms with Crippen LogP contribution in [0.3, 0.4) is 0 Å². The van der Waals surface area contributed by atoms with Gasteiger partial charge in [-0.3, -0.25) is 4.90 Å². The van der Waals surface area contributed by atoms with Gasteiger partial charge in [0.25, 0.3) is 0 Å². The Bertz CT molecular complexity index is 380. The topological polar surface area (TPSA) is 28.2 Å². The number of nitrogens with zero attached hydrogens (tertiary/aromatic N) is 2. The zero-order chi connectivity index (χ0) is 12.3. The first-order valence-corrected chi connectivity index (χ1v) is 6.72. The lowest BCUT2D eigenvalue weighted by atomic mass is 10.1. The molecule has 1 saturated heterocycles. The number of rotatable bonds is 5. The van der Waals surface area contributed by atoms with E-state index in [4.69, 9.17) is 23.2 Å². The fraction of sp³-hybridized carbons (Fsp3) is 0.583. The number of nitrogens with one attached hydrogen (secondary N) is 1. The minimum Gasteiger partial charge on any atom is -0.314 e. The van der Waals surface area contributed by atoms with Crippen molar-refractivity contribution in [3.05, 3.63) is 28.0 Å². The van der Waals surface area contributed by atoms with Crippen LogP contribution >= 0.6 is 23.2 Å². The van der Waals surface area contributed by atoms with Gasteiger partial charge in [-0.2, -0.15) is 0 Å². The minimum atomic E-state index is 0.507. The van der Waals surface area contributed by atoms with E-state index in [2.05, 4.69) is 22.1 Å². The molecule has 1 aromatic heterocycles. The lowest BCUT2D eigenvalue weighted by Crippen LogP contribution is -2.57. The van der Waals surface area contributed by atoms with Crippen molar-refractivity contribution < 1.29 is 0 Å². The minimum absolute atomic E-state index is 0.507. The summed E-state index contributed by atoms with van der Waals surface area (Å²) in [6, 6.07) is 4.14. The molecule has 17 heavy (non-hydrogen) atoms. The van der Waals surface area contributed by atoms with Gasteiger partial charge in [0.1, 0.15) is 5.15 Å². The molecule has 0 atom stereocenters. The molecule has 0 radical (unpaired) electrons. The van der Waals surface area contributed by atoms with E-state index in [1.165, 1.54) is 0 Å². The number of hydrogen-bond acceptors (Lipinski definition) is 3. The van der Waals surface area contributed by atoms with Crippen LogP contribution in [0.4, 0.5) is 0 Å². The van der Waals surface area contributed by atoms with Crippen LogP contribution in [-0.4, -0.2) is 35.6 Å². The SMILES string of the molecule is CCCN(Cc1nc(Cl)ccc1Cl)C1CNC1. The van der Waals surface area contributed by atoms with Gasteiger partial charge in [-0.15, -0.1) is 0 Å². The Labute approximate surface area is 112 Å². The summed E-state index contributed by atoms with van der Waals surface area (Å²) in [6.07, 6.45) is 1.13. The first kappa shape index (κ1) is 13.1. The van der Waals surface area contributed by atoms with E-state index in [-0.39, 0.29) is 0 Å². The van der Waals surface area contributed by atoms with Crippen molar-refractivity contribution >= 4 is 23.2 Å². The van der Waals surface area contributed by atoms with Crippen molar-refractivity contribution in [2.45, 2.75) is 25.9 Å². The van der Waals surface area contributed by atoms with Gasteiger partial charge in [-0.05, 0) is 25.1 Å². The molecule has 0 bridgehead atoms. The Kier molecular flexibility index (Phi) is 4.62. The molecule has 94 valence electrons. The lowest BCUT2D eigenvalue weighted by Gasteiger charge is -2.38. The van der Waals surface area contributed by atoms with E-state index >= 15 is 0 Å². The van der Waals surface area contributed by atoms with Crippen LogP contribution in [0.5, 0.6) is 0 Å². The van der Waals surface area contributed by atoms with Gasteiger partial charge in [0.2, 0.25) is 0 Å². The Balaban J connectivity index is 2.07. The van der Waals surface area contributed by atoms with Gasteiger partial charge in [-0.25, -0.2) is 4.98 Å². The van der Waals surface area contributed by atoms with E-state index in [9.17, 15) is 0 Å². The van der Waals surface area contributed by atoms with Crippen LogP contribution < -0.4 is 5.32 Å². The van der Waals surface area contributed by atoms with Crippen LogP contribution in [0, 0.1) is 0 Å². The summed E-state index contributed by atoms with van der Waals surface area (Å²) < 4.78 is 0. The van der Waals surface area contributed by atoms with Crippen LogP contribution in [0.2, 0.25) is 10.2 Å². The highest BCUT2D eigenvalue weighted by atomic mass is 35.5. The van der Waals surface area contributed by atoms with E-state index in [1.54, 1.807) is 6.07 Å². The highest BCUT2D eigenvalue weighted by molar-refractivity contribution is 6.32. The molecule has 0 aromatic carbocycles. The van der Waals surface area contributed by atoms with Crippen LogP contribution in [-0.2, 0) is 6.54 Å². The van der Waals surface area contributed by atoms with Crippen LogP contribution in [0.1, 0.15) is 19.0 Å². The van der Waals surface area contributed by atoms with Gasteiger partial charge in [0.15, 0.2) is 0 Å². The third-order valence-electron chi connectivity index (χ3n) is 3.02.